The summed E-state index contributed by atoms with van der Waals surface area (Å²) in [5.74, 6) is 1.89. The van der Waals surface area contributed by atoms with Gasteiger partial charge < -0.3 is 10.5 Å². The molecule has 0 fully saturated rings. The molecule has 1 rings (SSSR count). The van der Waals surface area contributed by atoms with E-state index < -0.39 is 0 Å². The molecule has 0 bridgehead atoms. The summed E-state index contributed by atoms with van der Waals surface area (Å²) in [5, 5.41) is 0. The SMILES string of the molecule is CCSCC(N)Cc1cccc(OC)c1F. The van der Waals surface area contributed by atoms with E-state index in [0.29, 0.717) is 12.0 Å². The van der Waals surface area contributed by atoms with Crippen LogP contribution >= 0.6 is 11.8 Å². The van der Waals surface area contributed by atoms with Gasteiger partial charge in [0.2, 0.25) is 0 Å². The lowest BCUT2D eigenvalue weighted by Crippen LogP contribution is -2.26. The van der Waals surface area contributed by atoms with Gasteiger partial charge in [0.05, 0.1) is 7.11 Å². The topological polar surface area (TPSA) is 35.2 Å². The fourth-order valence-electron chi connectivity index (χ4n) is 1.48. The molecule has 90 valence electrons. The number of methoxy groups -OCH3 is 1. The van der Waals surface area contributed by atoms with Gasteiger partial charge in [-0.3, -0.25) is 0 Å². The summed E-state index contributed by atoms with van der Waals surface area (Å²) in [5.41, 5.74) is 6.55. The van der Waals surface area contributed by atoms with Gasteiger partial charge in [0.15, 0.2) is 11.6 Å². The summed E-state index contributed by atoms with van der Waals surface area (Å²) in [6.07, 6.45) is 0.552. The Morgan fingerprint density at radius 1 is 1.50 bits per heavy atom. The normalized spacial score (nSPS) is 12.5. The van der Waals surface area contributed by atoms with Gasteiger partial charge in [-0.05, 0) is 23.8 Å². The van der Waals surface area contributed by atoms with Crippen LogP contribution in [-0.4, -0.2) is 24.7 Å². The lowest BCUT2D eigenvalue weighted by Gasteiger charge is -2.12. The van der Waals surface area contributed by atoms with Crippen molar-refractivity contribution in [2.75, 3.05) is 18.6 Å². The van der Waals surface area contributed by atoms with Crippen LogP contribution in [0.15, 0.2) is 18.2 Å². The minimum Gasteiger partial charge on any atom is -0.494 e. The van der Waals surface area contributed by atoms with Crippen molar-refractivity contribution in [2.45, 2.75) is 19.4 Å². The molecule has 16 heavy (non-hydrogen) atoms. The second-order valence-corrected chi connectivity index (χ2v) is 4.88. The molecule has 0 aliphatic carbocycles. The van der Waals surface area contributed by atoms with Gasteiger partial charge in [-0.15, -0.1) is 0 Å². The Morgan fingerprint density at radius 3 is 2.88 bits per heavy atom. The third kappa shape index (κ3) is 3.68. The number of rotatable bonds is 6. The van der Waals surface area contributed by atoms with Crippen LogP contribution in [0.3, 0.4) is 0 Å². The zero-order valence-corrected chi connectivity index (χ0v) is 10.5. The summed E-state index contributed by atoms with van der Waals surface area (Å²) in [4.78, 5) is 0. The molecule has 4 heteroatoms. The van der Waals surface area contributed by atoms with Crippen LogP contribution < -0.4 is 10.5 Å². The summed E-state index contributed by atoms with van der Waals surface area (Å²) >= 11 is 1.77. The van der Waals surface area contributed by atoms with Crippen molar-refractivity contribution in [1.29, 1.82) is 0 Å². The van der Waals surface area contributed by atoms with Crippen LogP contribution in [0.25, 0.3) is 0 Å². The zero-order chi connectivity index (χ0) is 12.0. The Hall–Kier alpha value is -0.740. The lowest BCUT2D eigenvalue weighted by molar-refractivity contribution is 0.383. The molecule has 0 aromatic heterocycles. The molecule has 1 aromatic rings. The average Bonchev–Trinajstić information content (AvgIpc) is 2.29. The molecule has 2 N–H and O–H groups in total. The Labute approximate surface area is 100 Å². The molecule has 0 saturated carbocycles. The highest BCUT2D eigenvalue weighted by molar-refractivity contribution is 7.99. The third-order valence-corrected chi connectivity index (χ3v) is 3.35. The first-order chi connectivity index (χ1) is 7.69. The second-order valence-electron chi connectivity index (χ2n) is 3.56. The summed E-state index contributed by atoms with van der Waals surface area (Å²) in [6.45, 7) is 2.09. The largest absolute Gasteiger partial charge is 0.494 e. The summed E-state index contributed by atoms with van der Waals surface area (Å²) < 4.78 is 18.7. The van der Waals surface area contributed by atoms with Crippen molar-refractivity contribution in [3.8, 4) is 5.75 Å². The van der Waals surface area contributed by atoms with E-state index in [4.69, 9.17) is 10.5 Å². The first kappa shape index (κ1) is 13.3. The molecule has 0 aliphatic rings. The Balaban J connectivity index is 2.66. The van der Waals surface area contributed by atoms with E-state index in [1.54, 1.807) is 30.0 Å². The fraction of sp³-hybridized carbons (Fsp3) is 0.500. The second kappa shape index (κ2) is 6.76. The van der Waals surface area contributed by atoms with Crippen LogP contribution in [0.2, 0.25) is 0 Å². The number of hydrogen-bond donors (Lipinski definition) is 1. The average molecular weight is 243 g/mol. The summed E-state index contributed by atoms with van der Waals surface area (Å²) in [7, 11) is 1.47. The maximum absolute atomic E-state index is 13.8. The molecule has 0 heterocycles. The van der Waals surface area contributed by atoms with Crippen LogP contribution in [-0.2, 0) is 6.42 Å². The van der Waals surface area contributed by atoms with Gasteiger partial charge in [-0.25, -0.2) is 4.39 Å². The van der Waals surface area contributed by atoms with E-state index in [2.05, 4.69) is 6.92 Å². The highest BCUT2D eigenvalue weighted by Crippen LogP contribution is 2.21. The first-order valence-electron chi connectivity index (χ1n) is 5.33. The quantitative estimate of drug-likeness (QED) is 0.833. The van der Waals surface area contributed by atoms with Crippen molar-refractivity contribution >= 4 is 11.8 Å². The van der Waals surface area contributed by atoms with Crippen molar-refractivity contribution in [1.82, 2.24) is 0 Å². The highest BCUT2D eigenvalue weighted by atomic mass is 32.2. The van der Waals surface area contributed by atoms with E-state index in [9.17, 15) is 4.39 Å². The monoisotopic (exact) mass is 243 g/mol. The maximum atomic E-state index is 13.8. The van der Waals surface area contributed by atoms with Gasteiger partial charge in [-0.2, -0.15) is 11.8 Å². The fourth-order valence-corrected chi connectivity index (χ4v) is 2.14. The van der Waals surface area contributed by atoms with Crippen LogP contribution in [0.1, 0.15) is 12.5 Å². The van der Waals surface area contributed by atoms with Crippen LogP contribution in [0.4, 0.5) is 4.39 Å². The predicted octanol–water partition coefficient (Wildman–Crippen LogP) is 2.46. The lowest BCUT2D eigenvalue weighted by atomic mass is 10.1. The van der Waals surface area contributed by atoms with Crippen LogP contribution in [0.5, 0.6) is 5.75 Å². The number of halogens is 1. The molecule has 0 aliphatic heterocycles. The number of nitrogens with two attached hydrogens (primary N) is 1. The summed E-state index contributed by atoms with van der Waals surface area (Å²) in [6, 6.07) is 5.16. The standard InChI is InChI=1S/C12H18FNOS/c1-3-16-8-10(14)7-9-5-4-6-11(15-2)12(9)13/h4-6,10H,3,7-8,14H2,1-2H3. The molecule has 0 spiro atoms. The van der Waals surface area contributed by atoms with Gasteiger partial charge in [0, 0.05) is 11.8 Å². The highest BCUT2D eigenvalue weighted by Gasteiger charge is 2.11. The van der Waals surface area contributed by atoms with E-state index in [1.165, 1.54) is 7.11 Å². The van der Waals surface area contributed by atoms with E-state index in [1.807, 2.05) is 0 Å². The van der Waals surface area contributed by atoms with Crippen molar-refractivity contribution in [2.24, 2.45) is 5.73 Å². The number of thioether (sulfide) groups is 1. The molecule has 0 saturated heterocycles. The Morgan fingerprint density at radius 2 is 2.25 bits per heavy atom. The number of ether oxygens (including phenoxy) is 1. The Kier molecular flexibility index (Phi) is 5.63. The van der Waals surface area contributed by atoms with Gasteiger partial charge >= 0.3 is 0 Å². The van der Waals surface area contributed by atoms with Crippen LogP contribution in [0, 0.1) is 5.82 Å². The molecule has 1 unspecified atom stereocenters. The predicted molar refractivity (Wildman–Crippen MR) is 67.6 cm³/mol. The molecular formula is C12H18FNOS. The molecule has 0 radical (unpaired) electrons. The van der Waals surface area contributed by atoms with Gasteiger partial charge in [0.1, 0.15) is 0 Å². The van der Waals surface area contributed by atoms with E-state index >= 15 is 0 Å². The third-order valence-electron chi connectivity index (χ3n) is 2.28. The Bertz CT molecular complexity index is 333. The van der Waals surface area contributed by atoms with E-state index in [0.717, 1.165) is 11.5 Å². The zero-order valence-electron chi connectivity index (χ0n) is 9.70. The molecule has 1 atom stereocenters. The number of hydrogen-bond acceptors (Lipinski definition) is 3. The van der Waals surface area contributed by atoms with Gasteiger partial charge in [-0.1, -0.05) is 19.1 Å². The van der Waals surface area contributed by atoms with Crippen molar-refractivity contribution < 1.29 is 9.13 Å². The smallest absolute Gasteiger partial charge is 0.168 e. The molecular weight excluding hydrogens is 225 g/mol. The van der Waals surface area contributed by atoms with Crippen molar-refractivity contribution in [3.63, 3.8) is 0 Å². The van der Waals surface area contributed by atoms with Gasteiger partial charge in [0.25, 0.3) is 0 Å². The minimum absolute atomic E-state index is 0.00782. The molecule has 2 nitrogen and oxygen atoms in total. The maximum Gasteiger partial charge on any atom is 0.168 e. The van der Waals surface area contributed by atoms with E-state index in [-0.39, 0.29) is 17.6 Å². The molecule has 1 aromatic carbocycles. The molecule has 0 amide bonds. The number of benzene rings is 1. The minimum atomic E-state index is -0.290. The first-order valence-corrected chi connectivity index (χ1v) is 6.49. The van der Waals surface area contributed by atoms with Crippen molar-refractivity contribution in [3.05, 3.63) is 29.6 Å².